The highest BCUT2D eigenvalue weighted by atomic mass is 35.5. The fraction of sp³-hybridized carbons (Fsp3) is 0.692. The second kappa shape index (κ2) is 9.25. The predicted molar refractivity (Wildman–Crippen MR) is 88.2 cm³/mol. The van der Waals surface area contributed by atoms with Crippen LogP contribution in [0.4, 0.5) is 0 Å². The van der Waals surface area contributed by atoms with Crippen molar-refractivity contribution in [1.82, 2.24) is 25.3 Å². The van der Waals surface area contributed by atoms with Gasteiger partial charge in [-0.25, -0.2) is 0 Å². The van der Waals surface area contributed by atoms with Crippen LogP contribution < -0.4 is 10.6 Å². The van der Waals surface area contributed by atoms with Crippen LogP contribution in [-0.4, -0.2) is 53.8 Å². The Morgan fingerprint density at radius 1 is 1.48 bits per heavy atom. The van der Waals surface area contributed by atoms with Crippen LogP contribution in [0.15, 0.2) is 12.4 Å². The minimum Gasteiger partial charge on any atom is -0.353 e. The number of nitrogens with zero attached hydrogens (tertiary/aromatic N) is 3. The summed E-state index contributed by atoms with van der Waals surface area (Å²) in [4.78, 5) is 14.5. The molecule has 8 heteroatoms. The number of nitrogens with one attached hydrogen (secondary N) is 2. The Balaban J connectivity index is 0.00000200. The molecule has 1 amide bonds. The van der Waals surface area contributed by atoms with E-state index in [2.05, 4.69) is 27.7 Å². The van der Waals surface area contributed by atoms with Crippen LogP contribution in [-0.2, 0) is 11.8 Å². The molecule has 0 aromatic carbocycles. The van der Waals surface area contributed by atoms with Gasteiger partial charge < -0.3 is 15.5 Å². The number of hydrogen-bond donors (Lipinski definition) is 2. The van der Waals surface area contributed by atoms with E-state index in [0.29, 0.717) is 12.6 Å². The minimum absolute atomic E-state index is 0. The summed E-state index contributed by atoms with van der Waals surface area (Å²) in [5, 5.41) is 10.2. The topological polar surface area (TPSA) is 62.2 Å². The Bertz CT molecular complexity index is 440. The lowest BCUT2D eigenvalue weighted by molar-refractivity contribution is -0.123. The van der Waals surface area contributed by atoms with Gasteiger partial charge in [0.15, 0.2) is 0 Å². The zero-order chi connectivity index (χ0) is 13.8. The SMILES string of the molecule is CNC(C(=O)NCC1CCCN1C)c1cnn(C)c1.Cl.Cl. The van der Waals surface area contributed by atoms with E-state index in [4.69, 9.17) is 0 Å². The Morgan fingerprint density at radius 3 is 2.67 bits per heavy atom. The van der Waals surface area contributed by atoms with Crippen molar-refractivity contribution in [2.45, 2.75) is 24.9 Å². The van der Waals surface area contributed by atoms with Crippen LogP contribution in [0.25, 0.3) is 0 Å². The maximum atomic E-state index is 12.2. The molecule has 1 aromatic rings. The van der Waals surface area contributed by atoms with E-state index in [1.54, 1.807) is 17.9 Å². The zero-order valence-corrected chi connectivity index (χ0v) is 14.3. The molecule has 1 saturated heterocycles. The number of carbonyl (C=O) groups is 1. The van der Waals surface area contributed by atoms with E-state index in [9.17, 15) is 4.79 Å². The average molecular weight is 338 g/mol. The highest BCUT2D eigenvalue weighted by molar-refractivity contribution is 5.85. The molecular weight excluding hydrogens is 313 g/mol. The van der Waals surface area contributed by atoms with Crippen LogP contribution in [0.1, 0.15) is 24.4 Å². The van der Waals surface area contributed by atoms with Gasteiger partial charge in [-0.2, -0.15) is 5.10 Å². The highest BCUT2D eigenvalue weighted by Gasteiger charge is 2.24. The van der Waals surface area contributed by atoms with Gasteiger partial charge in [0.2, 0.25) is 5.91 Å². The summed E-state index contributed by atoms with van der Waals surface area (Å²) in [7, 11) is 5.75. The zero-order valence-electron chi connectivity index (χ0n) is 12.7. The van der Waals surface area contributed by atoms with Crippen molar-refractivity contribution in [3.05, 3.63) is 18.0 Å². The lowest BCUT2D eigenvalue weighted by Crippen LogP contribution is -2.42. The Kier molecular flexibility index (Phi) is 8.89. The third-order valence-electron chi connectivity index (χ3n) is 3.79. The molecule has 2 heterocycles. The van der Waals surface area contributed by atoms with Gasteiger partial charge in [-0.1, -0.05) is 0 Å². The molecule has 2 atom stereocenters. The van der Waals surface area contributed by atoms with E-state index >= 15 is 0 Å². The van der Waals surface area contributed by atoms with Crippen LogP contribution >= 0.6 is 24.8 Å². The summed E-state index contributed by atoms with van der Waals surface area (Å²) in [6, 6.07) is 0.135. The maximum absolute atomic E-state index is 12.2. The summed E-state index contributed by atoms with van der Waals surface area (Å²) < 4.78 is 1.71. The first kappa shape index (κ1) is 20.2. The number of carbonyl (C=O) groups excluding carboxylic acids is 1. The molecule has 1 aliphatic heterocycles. The third kappa shape index (κ3) is 5.14. The minimum atomic E-state index is -0.333. The van der Waals surface area contributed by atoms with Crippen molar-refractivity contribution >= 4 is 30.7 Å². The van der Waals surface area contributed by atoms with Crippen molar-refractivity contribution in [1.29, 1.82) is 0 Å². The van der Waals surface area contributed by atoms with E-state index in [-0.39, 0.29) is 36.8 Å². The number of amides is 1. The normalized spacial score (nSPS) is 19.5. The van der Waals surface area contributed by atoms with E-state index in [0.717, 1.165) is 18.5 Å². The molecule has 2 unspecified atom stereocenters. The molecule has 6 nitrogen and oxygen atoms in total. The second-order valence-corrected chi connectivity index (χ2v) is 5.19. The Labute approximate surface area is 138 Å². The Morgan fingerprint density at radius 2 is 2.19 bits per heavy atom. The first-order valence-corrected chi connectivity index (χ1v) is 6.75. The van der Waals surface area contributed by atoms with Crippen molar-refractivity contribution in [3.8, 4) is 0 Å². The first-order valence-electron chi connectivity index (χ1n) is 6.75. The van der Waals surface area contributed by atoms with Gasteiger partial charge in [-0.3, -0.25) is 9.48 Å². The summed E-state index contributed by atoms with van der Waals surface area (Å²) >= 11 is 0. The molecule has 21 heavy (non-hydrogen) atoms. The standard InChI is InChI=1S/C13H23N5O.2ClH/c1-14-12(10-7-16-18(3)9-10)13(19)15-8-11-5-4-6-17(11)2;;/h7,9,11-12,14H,4-6,8H2,1-3H3,(H,15,19);2*1H. The largest absolute Gasteiger partial charge is 0.353 e. The fourth-order valence-electron chi connectivity index (χ4n) is 2.60. The van der Waals surface area contributed by atoms with Gasteiger partial charge in [-0.05, 0) is 33.5 Å². The smallest absolute Gasteiger partial charge is 0.241 e. The summed E-state index contributed by atoms with van der Waals surface area (Å²) in [6.45, 7) is 1.84. The van der Waals surface area contributed by atoms with Crippen molar-refractivity contribution < 1.29 is 4.79 Å². The van der Waals surface area contributed by atoms with Crippen LogP contribution in [0, 0.1) is 0 Å². The molecule has 122 valence electrons. The molecular formula is C13H25Cl2N5O. The van der Waals surface area contributed by atoms with E-state index in [1.165, 1.54) is 6.42 Å². The van der Waals surface area contributed by atoms with Crippen LogP contribution in [0.2, 0.25) is 0 Å². The van der Waals surface area contributed by atoms with Crippen molar-refractivity contribution in [3.63, 3.8) is 0 Å². The van der Waals surface area contributed by atoms with Gasteiger partial charge in [0.25, 0.3) is 0 Å². The number of aromatic nitrogens is 2. The number of likely N-dealkylation sites (tertiary alicyclic amines) is 1. The van der Waals surface area contributed by atoms with Gasteiger partial charge >= 0.3 is 0 Å². The molecule has 2 N–H and O–H groups in total. The number of aryl methyl sites for hydroxylation is 1. The Hall–Kier alpha value is -0.820. The van der Waals surface area contributed by atoms with Gasteiger partial charge in [0.1, 0.15) is 6.04 Å². The van der Waals surface area contributed by atoms with Gasteiger partial charge in [-0.15, -0.1) is 24.8 Å². The van der Waals surface area contributed by atoms with E-state index < -0.39 is 0 Å². The summed E-state index contributed by atoms with van der Waals surface area (Å²) in [5.41, 5.74) is 0.891. The lowest BCUT2D eigenvalue weighted by atomic mass is 10.1. The molecule has 0 aliphatic carbocycles. The molecule has 1 fully saturated rings. The van der Waals surface area contributed by atoms with Crippen LogP contribution in [0.5, 0.6) is 0 Å². The van der Waals surface area contributed by atoms with Crippen molar-refractivity contribution in [2.24, 2.45) is 7.05 Å². The van der Waals surface area contributed by atoms with Crippen molar-refractivity contribution in [2.75, 3.05) is 27.2 Å². The number of likely N-dealkylation sites (N-methyl/N-ethyl adjacent to an activating group) is 2. The molecule has 0 radical (unpaired) electrons. The number of halogens is 2. The van der Waals surface area contributed by atoms with Gasteiger partial charge in [0, 0.05) is 31.4 Å². The predicted octanol–water partition coefficient (Wildman–Crippen LogP) is 0.735. The monoisotopic (exact) mass is 337 g/mol. The quantitative estimate of drug-likeness (QED) is 0.831. The maximum Gasteiger partial charge on any atom is 0.241 e. The highest BCUT2D eigenvalue weighted by Crippen LogP contribution is 2.15. The lowest BCUT2D eigenvalue weighted by Gasteiger charge is -2.21. The summed E-state index contributed by atoms with van der Waals surface area (Å²) in [5.74, 6) is 0.0100. The average Bonchev–Trinajstić information content (AvgIpc) is 2.97. The second-order valence-electron chi connectivity index (χ2n) is 5.19. The number of rotatable bonds is 5. The number of hydrogen-bond acceptors (Lipinski definition) is 4. The molecule has 0 spiro atoms. The molecule has 0 saturated carbocycles. The molecule has 2 rings (SSSR count). The van der Waals surface area contributed by atoms with Gasteiger partial charge in [0.05, 0.1) is 6.20 Å². The fourth-order valence-corrected chi connectivity index (χ4v) is 2.60. The van der Waals surface area contributed by atoms with Crippen LogP contribution in [0.3, 0.4) is 0 Å². The molecule has 1 aliphatic rings. The molecule has 1 aromatic heterocycles. The first-order chi connectivity index (χ1) is 9.11. The third-order valence-corrected chi connectivity index (χ3v) is 3.79. The van der Waals surface area contributed by atoms with E-state index in [1.807, 2.05) is 13.2 Å². The summed E-state index contributed by atoms with van der Waals surface area (Å²) in [6.07, 6.45) is 5.97. The molecule has 0 bridgehead atoms.